The molecule has 1 aliphatic heterocycles. The van der Waals surface area contributed by atoms with Gasteiger partial charge in [0.2, 0.25) is 0 Å². The Labute approximate surface area is 130 Å². The summed E-state index contributed by atoms with van der Waals surface area (Å²) < 4.78 is 12.3. The van der Waals surface area contributed by atoms with Crippen LogP contribution in [0.25, 0.3) is 0 Å². The molecule has 0 aliphatic carbocycles. The first-order valence-electron chi connectivity index (χ1n) is 7.34. The Bertz CT molecular complexity index is 456. The summed E-state index contributed by atoms with van der Waals surface area (Å²) in [4.78, 5) is 0. The fourth-order valence-corrected chi connectivity index (χ4v) is 3.67. The van der Waals surface area contributed by atoms with Crippen LogP contribution < -0.4 is 14.8 Å². The van der Waals surface area contributed by atoms with Gasteiger partial charge >= 0.3 is 0 Å². The molecule has 1 heterocycles. The minimum absolute atomic E-state index is 0.672. The summed E-state index contributed by atoms with van der Waals surface area (Å²) >= 11 is 3.77. The van der Waals surface area contributed by atoms with Crippen molar-refractivity contribution in [2.24, 2.45) is 5.92 Å². The highest BCUT2D eigenvalue weighted by molar-refractivity contribution is 9.10. The Hall–Kier alpha value is -0.740. The maximum Gasteiger partial charge on any atom is 0.165 e. The van der Waals surface area contributed by atoms with Crippen molar-refractivity contribution in [2.75, 3.05) is 27.3 Å². The number of hydrogen-bond acceptors (Lipinski definition) is 3. The second-order valence-electron chi connectivity index (χ2n) is 5.33. The zero-order valence-corrected chi connectivity index (χ0v) is 14.2. The number of halogens is 1. The molecule has 1 aliphatic rings. The smallest absolute Gasteiger partial charge is 0.165 e. The predicted octanol–water partition coefficient (Wildman–Crippen LogP) is 3.57. The molecule has 1 aromatic carbocycles. The minimum Gasteiger partial charge on any atom is -0.493 e. The molecule has 1 N–H and O–H groups in total. The van der Waals surface area contributed by atoms with Crippen LogP contribution in [-0.4, -0.2) is 27.3 Å². The van der Waals surface area contributed by atoms with E-state index in [0.717, 1.165) is 37.4 Å². The molecular weight excluding hydrogens is 318 g/mol. The van der Waals surface area contributed by atoms with Crippen molar-refractivity contribution in [2.45, 2.75) is 32.6 Å². The van der Waals surface area contributed by atoms with Crippen LogP contribution in [0.3, 0.4) is 0 Å². The van der Waals surface area contributed by atoms with E-state index in [-0.39, 0.29) is 0 Å². The van der Waals surface area contributed by atoms with E-state index >= 15 is 0 Å². The van der Waals surface area contributed by atoms with Gasteiger partial charge in [-0.2, -0.15) is 0 Å². The molecule has 4 heteroatoms. The number of benzene rings is 1. The molecule has 0 amide bonds. The van der Waals surface area contributed by atoms with Crippen molar-refractivity contribution in [1.29, 1.82) is 0 Å². The van der Waals surface area contributed by atoms with Crippen molar-refractivity contribution in [3.05, 3.63) is 21.7 Å². The Morgan fingerprint density at radius 1 is 1.35 bits per heavy atom. The van der Waals surface area contributed by atoms with Crippen molar-refractivity contribution >= 4 is 15.9 Å². The number of methoxy groups -OCH3 is 2. The average molecular weight is 342 g/mol. The van der Waals surface area contributed by atoms with E-state index in [0.29, 0.717) is 5.92 Å². The van der Waals surface area contributed by atoms with E-state index in [2.05, 4.69) is 34.2 Å². The summed E-state index contributed by atoms with van der Waals surface area (Å²) in [6.07, 6.45) is 4.55. The highest BCUT2D eigenvalue weighted by atomic mass is 79.9. The lowest BCUT2D eigenvalue weighted by molar-refractivity contribution is 0.339. The van der Waals surface area contributed by atoms with Crippen LogP contribution >= 0.6 is 15.9 Å². The van der Waals surface area contributed by atoms with Gasteiger partial charge < -0.3 is 14.8 Å². The predicted molar refractivity (Wildman–Crippen MR) is 85.9 cm³/mol. The number of ether oxygens (including phenoxy) is 2. The lowest BCUT2D eigenvalue weighted by Crippen LogP contribution is -2.31. The molecule has 0 radical (unpaired) electrons. The third kappa shape index (κ3) is 3.29. The van der Waals surface area contributed by atoms with E-state index in [1.807, 2.05) is 0 Å². The monoisotopic (exact) mass is 341 g/mol. The Morgan fingerprint density at radius 3 is 2.70 bits per heavy atom. The van der Waals surface area contributed by atoms with Gasteiger partial charge in [0.15, 0.2) is 11.5 Å². The third-order valence-electron chi connectivity index (χ3n) is 4.05. The normalized spacial score (nSPS) is 18.9. The molecule has 1 atom stereocenters. The molecule has 20 heavy (non-hydrogen) atoms. The van der Waals surface area contributed by atoms with Crippen LogP contribution in [0, 0.1) is 5.92 Å². The van der Waals surface area contributed by atoms with Crippen LogP contribution in [0.1, 0.15) is 30.9 Å². The van der Waals surface area contributed by atoms with Gasteiger partial charge in [-0.1, -0.05) is 22.9 Å². The summed E-state index contributed by atoms with van der Waals surface area (Å²) in [5.41, 5.74) is 2.53. The molecular formula is C16H24BrNO2. The fourth-order valence-electron chi connectivity index (χ4n) is 2.93. The molecule has 0 saturated carbocycles. The van der Waals surface area contributed by atoms with Crippen LogP contribution in [0.15, 0.2) is 10.5 Å². The van der Waals surface area contributed by atoms with Crippen LogP contribution in [0.5, 0.6) is 11.5 Å². The Balaban J connectivity index is 2.36. The van der Waals surface area contributed by atoms with Gasteiger partial charge in [0.05, 0.1) is 14.2 Å². The molecule has 0 aromatic heterocycles. The van der Waals surface area contributed by atoms with Crippen molar-refractivity contribution in [1.82, 2.24) is 5.32 Å². The summed E-state index contributed by atoms with van der Waals surface area (Å²) in [6.45, 7) is 4.40. The molecule has 1 aromatic rings. The minimum atomic E-state index is 0.672. The lowest BCUT2D eigenvalue weighted by Gasteiger charge is -2.25. The van der Waals surface area contributed by atoms with Crippen LogP contribution in [-0.2, 0) is 12.8 Å². The summed E-state index contributed by atoms with van der Waals surface area (Å²) in [5, 5.41) is 3.48. The first kappa shape index (κ1) is 15.6. The highest BCUT2D eigenvalue weighted by Gasteiger charge is 2.22. The summed E-state index contributed by atoms with van der Waals surface area (Å²) in [7, 11) is 3.43. The topological polar surface area (TPSA) is 30.5 Å². The number of hydrogen-bond donors (Lipinski definition) is 1. The third-order valence-corrected chi connectivity index (χ3v) is 5.03. The van der Waals surface area contributed by atoms with Gasteiger partial charge in [-0.3, -0.25) is 0 Å². The second-order valence-corrected chi connectivity index (χ2v) is 6.13. The zero-order chi connectivity index (χ0) is 14.5. The summed E-state index contributed by atoms with van der Waals surface area (Å²) in [5.74, 6) is 2.39. The average Bonchev–Trinajstić information content (AvgIpc) is 2.50. The van der Waals surface area contributed by atoms with Crippen LogP contribution in [0.4, 0.5) is 0 Å². The van der Waals surface area contributed by atoms with Gasteiger partial charge in [-0.15, -0.1) is 0 Å². The number of piperidine rings is 1. The molecule has 1 fully saturated rings. The van der Waals surface area contributed by atoms with Gasteiger partial charge in [0.25, 0.3) is 0 Å². The molecule has 0 bridgehead atoms. The standard InChI is InChI=1S/C16H24BrNO2/c1-4-12-9-14(19-2)16(20-3)13(15(12)17)8-11-6-5-7-18-10-11/h9,11,18H,4-8,10H2,1-3H3. The highest BCUT2D eigenvalue weighted by Crippen LogP contribution is 2.40. The Morgan fingerprint density at radius 2 is 2.15 bits per heavy atom. The SMILES string of the molecule is CCc1cc(OC)c(OC)c(CC2CCCNC2)c1Br. The molecule has 1 unspecified atom stereocenters. The van der Waals surface area contributed by atoms with E-state index in [9.17, 15) is 0 Å². The van der Waals surface area contributed by atoms with E-state index in [4.69, 9.17) is 9.47 Å². The maximum atomic E-state index is 5.61. The largest absolute Gasteiger partial charge is 0.493 e. The molecule has 0 spiro atoms. The maximum absolute atomic E-state index is 5.61. The van der Waals surface area contributed by atoms with Gasteiger partial charge in [-0.05, 0) is 56.3 Å². The van der Waals surface area contributed by atoms with E-state index < -0.39 is 0 Å². The number of rotatable bonds is 5. The van der Waals surface area contributed by atoms with Crippen LogP contribution in [0.2, 0.25) is 0 Å². The number of aryl methyl sites for hydroxylation is 1. The molecule has 2 rings (SSSR count). The lowest BCUT2D eigenvalue weighted by atomic mass is 9.90. The fraction of sp³-hybridized carbons (Fsp3) is 0.625. The quantitative estimate of drug-likeness (QED) is 0.887. The first-order valence-corrected chi connectivity index (χ1v) is 8.13. The first-order chi connectivity index (χ1) is 9.71. The molecule has 3 nitrogen and oxygen atoms in total. The van der Waals surface area contributed by atoms with Crippen molar-refractivity contribution in [3.8, 4) is 11.5 Å². The van der Waals surface area contributed by atoms with Gasteiger partial charge in [-0.25, -0.2) is 0 Å². The second kappa shape index (κ2) is 7.32. The number of nitrogens with one attached hydrogen (secondary N) is 1. The molecule has 112 valence electrons. The van der Waals surface area contributed by atoms with E-state index in [1.54, 1.807) is 14.2 Å². The van der Waals surface area contributed by atoms with Gasteiger partial charge in [0.1, 0.15) is 0 Å². The van der Waals surface area contributed by atoms with Crippen molar-refractivity contribution in [3.63, 3.8) is 0 Å². The Kier molecular flexibility index (Phi) is 5.73. The zero-order valence-electron chi connectivity index (χ0n) is 12.6. The molecule has 1 saturated heterocycles. The summed E-state index contributed by atoms with van der Waals surface area (Å²) in [6, 6.07) is 2.07. The van der Waals surface area contributed by atoms with Gasteiger partial charge in [0, 0.05) is 10.0 Å². The van der Waals surface area contributed by atoms with E-state index in [1.165, 1.54) is 28.4 Å². The van der Waals surface area contributed by atoms with Crippen molar-refractivity contribution < 1.29 is 9.47 Å².